The maximum atomic E-state index is 13.8. The summed E-state index contributed by atoms with van der Waals surface area (Å²) < 4.78 is 16.8. The molecule has 0 saturated heterocycles. The molecule has 0 saturated carbocycles. The van der Waals surface area contributed by atoms with Crippen LogP contribution in [0.15, 0.2) is 53.7 Å². The van der Waals surface area contributed by atoms with E-state index < -0.39 is 17.9 Å². The van der Waals surface area contributed by atoms with Gasteiger partial charge in [-0.2, -0.15) is 0 Å². The van der Waals surface area contributed by atoms with Gasteiger partial charge in [-0.15, -0.1) is 0 Å². The molecule has 2 N–H and O–H groups in total. The van der Waals surface area contributed by atoms with Gasteiger partial charge in [0.2, 0.25) is 0 Å². The summed E-state index contributed by atoms with van der Waals surface area (Å²) in [6.45, 7) is 5.79. The maximum Gasteiger partial charge on any atom is 0.316 e. The van der Waals surface area contributed by atoms with Crippen LogP contribution < -0.4 is 20.1 Å². The number of benzene rings is 2. The zero-order valence-electron chi connectivity index (χ0n) is 19.6. The zero-order valence-corrected chi connectivity index (χ0v) is 19.6. The van der Waals surface area contributed by atoms with Crippen LogP contribution in [0.5, 0.6) is 11.5 Å². The minimum absolute atomic E-state index is 0.102. The molecular formula is C26H30N2O5. The summed E-state index contributed by atoms with van der Waals surface area (Å²) in [5.41, 5.74) is 3.80. The van der Waals surface area contributed by atoms with E-state index in [9.17, 15) is 9.59 Å². The highest BCUT2D eigenvalue weighted by Gasteiger charge is 2.45. The number of ether oxygens (including phenoxy) is 3. The van der Waals surface area contributed by atoms with Gasteiger partial charge < -0.3 is 24.8 Å². The van der Waals surface area contributed by atoms with E-state index in [4.69, 9.17) is 14.2 Å². The molecule has 7 heteroatoms. The van der Waals surface area contributed by atoms with E-state index in [0.717, 1.165) is 22.6 Å². The van der Waals surface area contributed by atoms with Gasteiger partial charge in [-0.05, 0) is 44.4 Å². The van der Waals surface area contributed by atoms with E-state index in [0.29, 0.717) is 23.5 Å². The third-order valence-electron chi connectivity index (χ3n) is 6.12. The van der Waals surface area contributed by atoms with Crippen molar-refractivity contribution in [2.24, 2.45) is 11.8 Å². The predicted molar refractivity (Wildman–Crippen MR) is 127 cm³/mol. The van der Waals surface area contributed by atoms with Gasteiger partial charge in [0.15, 0.2) is 17.3 Å². The maximum absolute atomic E-state index is 13.8. The lowest BCUT2D eigenvalue weighted by Crippen LogP contribution is -2.39. The Morgan fingerprint density at radius 1 is 1.06 bits per heavy atom. The number of allylic oxidation sites excluding steroid dienone is 1. The summed E-state index contributed by atoms with van der Waals surface area (Å²) in [5.74, 6) is -0.660. The first-order valence-electron chi connectivity index (χ1n) is 11.2. The molecule has 1 aliphatic carbocycles. The topological polar surface area (TPSA) is 85.9 Å². The van der Waals surface area contributed by atoms with Gasteiger partial charge >= 0.3 is 5.97 Å². The zero-order chi connectivity index (χ0) is 23.7. The van der Waals surface area contributed by atoms with E-state index >= 15 is 0 Å². The van der Waals surface area contributed by atoms with Gasteiger partial charge in [-0.3, -0.25) is 9.59 Å². The van der Waals surface area contributed by atoms with E-state index in [1.54, 1.807) is 7.11 Å². The fourth-order valence-corrected chi connectivity index (χ4v) is 4.65. The van der Waals surface area contributed by atoms with Gasteiger partial charge in [-0.25, -0.2) is 0 Å². The van der Waals surface area contributed by atoms with E-state index in [-0.39, 0.29) is 17.8 Å². The van der Waals surface area contributed by atoms with Crippen LogP contribution in [0.25, 0.3) is 0 Å². The van der Waals surface area contributed by atoms with Gasteiger partial charge in [-0.1, -0.05) is 31.2 Å². The number of nitrogens with one attached hydrogen (secondary N) is 2. The van der Waals surface area contributed by atoms with Crippen molar-refractivity contribution in [1.29, 1.82) is 0 Å². The Labute approximate surface area is 194 Å². The first-order chi connectivity index (χ1) is 15.8. The number of esters is 1. The summed E-state index contributed by atoms with van der Waals surface area (Å²) in [5, 5.41) is 6.99. The minimum atomic E-state index is -0.860. The third kappa shape index (κ3) is 4.15. The minimum Gasteiger partial charge on any atom is -0.493 e. The molecule has 0 bridgehead atoms. The van der Waals surface area contributed by atoms with Crippen LogP contribution in [0.2, 0.25) is 0 Å². The lowest BCUT2D eigenvalue weighted by Gasteiger charge is -2.33. The molecule has 33 heavy (non-hydrogen) atoms. The van der Waals surface area contributed by atoms with Crippen LogP contribution in [-0.2, 0) is 14.3 Å². The largest absolute Gasteiger partial charge is 0.493 e. The summed E-state index contributed by atoms with van der Waals surface area (Å²) in [6, 6.07) is 12.9. The second kappa shape index (κ2) is 9.17. The van der Waals surface area contributed by atoms with Crippen molar-refractivity contribution >= 4 is 23.1 Å². The molecule has 1 heterocycles. The van der Waals surface area contributed by atoms with Gasteiger partial charge in [0.25, 0.3) is 0 Å². The van der Waals surface area contributed by atoms with Crippen molar-refractivity contribution in [3.63, 3.8) is 0 Å². The Balaban J connectivity index is 1.93. The number of carbonyl (C=O) groups excluding carboxylic acids is 2. The molecule has 0 unspecified atom stereocenters. The molecule has 3 atom stereocenters. The fourth-order valence-electron chi connectivity index (χ4n) is 4.65. The van der Waals surface area contributed by atoms with Crippen LogP contribution in [0.3, 0.4) is 0 Å². The first kappa shape index (κ1) is 22.7. The number of methoxy groups -OCH3 is 2. The number of Topliss-reactive ketones (excluding diaryl/α,β-unsaturated/α-hetero) is 1. The molecule has 1 aliphatic heterocycles. The second-order valence-electron chi connectivity index (χ2n) is 8.73. The van der Waals surface area contributed by atoms with Crippen molar-refractivity contribution in [3.8, 4) is 11.5 Å². The molecule has 0 fully saturated rings. The normalized spacial score (nSPS) is 21.9. The van der Waals surface area contributed by atoms with E-state index in [1.165, 1.54) is 7.11 Å². The Hall–Kier alpha value is -3.48. The highest BCUT2D eigenvalue weighted by molar-refractivity contribution is 6.11. The van der Waals surface area contributed by atoms with Crippen molar-refractivity contribution in [2.45, 2.75) is 39.3 Å². The number of ketones is 1. The van der Waals surface area contributed by atoms with E-state index in [2.05, 4.69) is 10.6 Å². The summed E-state index contributed by atoms with van der Waals surface area (Å²) in [4.78, 5) is 26.4. The molecule has 0 amide bonds. The Morgan fingerprint density at radius 2 is 1.79 bits per heavy atom. The summed E-state index contributed by atoms with van der Waals surface area (Å²) in [7, 11) is 2.91. The summed E-state index contributed by atoms with van der Waals surface area (Å²) >= 11 is 0. The molecule has 7 nitrogen and oxygen atoms in total. The molecule has 2 aliphatic rings. The van der Waals surface area contributed by atoms with Crippen LogP contribution in [-0.4, -0.2) is 32.1 Å². The molecule has 0 radical (unpaired) electrons. The monoisotopic (exact) mass is 450 g/mol. The summed E-state index contributed by atoms with van der Waals surface area (Å²) in [6.07, 6.45) is 0.437. The van der Waals surface area contributed by atoms with Gasteiger partial charge in [0.1, 0.15) is 5.92 Å². The Bertz CT molecular complexity index is 1110. The molecule has 4 rings (SSSR count). The van der Waals surface area contributed by atoms with E-state index in [1.807, 2.05) is 63.2 Å². The number of carbonyl (C=O) groups is 2. The van der Waals surface area contributed by atoms with Gasteiger partial charge in [0.05, 0.1) is 37.7 Å². The number of hydrogen-bond acceptors (Lipinski definition) is 7. The number of para-hydroxylation sites is 3. The highest BCUT2D eigenvalue weighted by atomic mass is 16.5. The predicted octanol–water partition coefficient (Wildman–Crippen LogP) is 4.71. The lowest BCUT2D eigenvalue weighted by atomic mass is 9.74. The average molecular weight is 451 g/mol. The number of anilines is 2. The smallest absolute Gasteiger partial charge is 0.316 e. The van der Waals surface area contributed by atoms with Crippen LogP contribution in [0.4, 0.5) is 11.4 Å². The first-order valence-corrected chi connectivity index (χ1v) is 11.2. The molecule has 2 aromatic rings. The lowest BCUT2D eigenvalue weighted by molar-refractivity contribution is -0.151. The SMILES string of the molecule is COC(=O)[C@@H]1C(=O)C2=C(C[C@@H]1C)Nc1ccccc1N[C@@H]2c1cccc(OC)c1OC(C)C. The molecule has 0 aromatic heterocycles. The third-order valence-corrected chi connectivity index (χ3v) is 6.12. The van der Waals surface area contributed by atoms with Crippen LogP contribution >= 0.6 is 0 Å². The standard InChI is InChI=1S/C26H30N2O5/c1-14(2)33-25-16(9-8-12-20(25)31-4)23-22-19(27-17-10-6-7-11-18(17)28-23)13-15(3)21(24(22)29)26(30)32-5/h6-12,14-15,21,23,27-28H,13H2,1-5H3/t15-,21-,23+/m0/s1. The average Bonchev–Trinajstić information content (AvgIpc) is 2.95. The van der Waals surface area contributed by atoms with Gasteiger partial charge in [0, 0.05) is 16.8 Å². The van der Waals surface area contributed by atoms with Crippen molar-refractivity contribution in [2.75, 3.05) is 24.9 Å². The Morgan fingerprint density at radius 3 is 2.45 bits per heavy atom. The fraction of sp³-hybridized carbons (Fsp3) is 0.385. The number of rotatable bonds is 5. The highest BCUT2D eigenvalue weighted by Crippen LogP contribution is 2.47. The number of fused-ring (bicyclic) bond motifs is 1. The van der Waals surface area contributed by atoms with Crippen LogP contribution in [0, 0.1) is 11.8 Å². The van der Waals surface area contributed by atoms with Crippen molar-refractivity contribution in [1.82, 2.24) is 0 Å². The molecule has 0 spiro atoms. The van der Waals surface area contributed by atoms with Crippen molar-refractivity contribution < 1.29 is 23.8 Å². The Kier molecular flexibility index (Phi) is 6.31. The number of hydrogen-bond donors (Lipinski definition) is 2. The molecule has 2 aromatic carbocycles. The van der Waals surface area contributed by atoms with Crippen LogP contribution in [0.1, 0.15) is 38.8 Å². The molecular weight excluding hydrogens is 420 g/mol. The quantitative estimate of drug-likeness (QED) is 0.504. The van der Waals surface area contributed by atoms with Crippen molar-refractivity contribution in [3.05, 3.63) is 59.3 Å². The molecule has 174 valence electrons. The second-order valence-corrected chi connectivity index (χ2v) is 8.73.